The van der Waals surface area contributed by atoms with Crippen LogP contribution in [0.5, 0.6) is 11.5 Å². The first-order chi connectivity index (χ1) is 15.6. The van der Waals surface area contributed by atoms with E-state index in [1.165, 1.54) is 6.21 Å². The molecule has 3 aromatic rings. The van der Waals surface area contributed by atoms with E-state index in [0.29, 0.717) is 23.5 Å². The molecule has 3 rings (SSSR count). The van der Waals surface area contributed by atoms with Crippen LogP contribution in [0.1, 0.15) is 51.6 Å². The van der Waals surface area contributed by atoms with Gasteiger partial charge in [-0.15, -0.1) is 0 Å². The highest BCUT2D eigenvalue weighted by molar-refractivity contribution is 5.96. The minimum Gasteiger partial charge on any atom is -0.494 e. The number of hydrogen-bond acceptors (Lipinski definition) is 5. The second-order valence-corrected chi connectivity index (χ2v) is 7.20. The van der Waals surface area contributed by atoms with Crippen LogP contribution in [0.2, 0.25) is 0 Å². The van der Waals surface area contributed by atoms with Crippen molar-refractivity contribution in [2.75, 3.05) is 6.61 Å². The number of aryl methyl sites for hydroxylation is 1. The molecule has 32 heavy (non-hydrogen) atoms. The van der Waals surface area contributed by atoms with Crippen molar-refractivity contribution in [1.82, 2.24) is 5.43 Å². The molecule has 0 aliphatic rings. The molecule has 0 radical (unpaired) electrons. The van der Waals surface area contributed by atoms with E-state index in [2.05, 4.69) is 17.5 Å². The molecule has 0 atom stereocenters. The van der Waals surface area contributed by atoms with Crippen LogP contribution in [0.3, 0.4) is 0 Å². The van der Waals surface area contributed by atoms with Crippen molar-refractivity contribution in [1.29, 1.82) is 0 Å². The van der Waals surface area contributed by atoms with Gasteiger partial charge in [0.25, 0.3) is 5.91 Å². The number of nitrogens with zero attached hydrogens (tertiary/aromatic N) is 1. The van der Waals surface area contributed by atoms with E-state index in [4.69, 9.17) is 9.47 Å². The Hall–Kier alpha value is -3.93. The van der Waals surface area contributed by atoms with Gasteiger partial charge in [0.2, 0.25) is 0 Å². The number of ether oxygens (including phenoxy) is 2. The Morgan fingerprint density at radius 2 is 1.62 bits per heavy atom. The highest BCUT2D eigenvalue weighted by atomic mass is 16.5. The molecule has 0 aromatic heterocycles. The van der Waals surface area contributed by atoms with E-state index in [1.807, 2.05) is 19.1 Å². The molecule has 1 N–H and O–H groups in total. The van der Waals surface area contributed by atoms with Crippen LogP contribution in [-0.4, -0.2) is 24.7 Å². The molecule has 0 bridgehead atoms. The van der Waals surface area contributed by atoms with Crippen molar-refractivity contribution >= 4 is 18.1 Å². The summed E-state index contributed by atoms with van der Waals surface area (Å²) < 4.78 is 11.0. The number of carbonyl (C=O) groups is 2. The van der Waals surface area contributed by atoms with Crippen LogP contribution in [0.25, 0.3) is 0 Å². The molecule has 0 heterocycles. The molecule has 3 aromatic carbocycles. The van der Waals surface area contributed by atoms with Crippen molar-refractivity contribution in [2.45, 2.75) is 26.7 Å². The maximum Gasteiger partial charge on any atom is 0.343 e. The molecule has 1 amide bonds. The fraction of sp³-hybridized carbons (Fsp3) is 0.192. The third kappa shape index (κ3) is 6.54. The van der Waals surface area contributed by atoms with Crippen LogP contribution in [0.4, 0.5) is 0 Å². The van der Waals surface area contributed by atoms with E-state index in [1.54, 1.807) is 60.7 Å². The topological polar surface area (TPSA) is 77.0 Å². The van der Waals surface area contributed by atoms with Gasteiger partial charge in [0.1, 0.15) is 11.5 Å². The number of esters is 1. The smallest absolute Gasteiger partial charge is 0.343 e. The number of benzene rings is 3. The molecule has 0 fully saturated rings. The molecule has 0 unspecified atom stereocenters. The summed E-state index contributed by atoms with van der Waals surface area (Å²) in [7, 11) is 0. The van der Waals surface area contributed by atoms with Gasteiger partial charge < -0.3 is 9.47 Å². The van der Waals surface area contributed by atoms with Gasteiger partial charge in [-0.05, 0) is 79.1 Å². The fourth-order valence-corrected chi connectivity index (χ4v) is 2.86. The van der Waals surface area contributed by atoms with E-state index in [9.17, 15) is 9.59 Å². The molecular weight excluding hydrogens is 404 g/mol. The predicted molar refractivity (Wildman–Crippen MR) is 124 cm³/mol. The molecule has 0 aliphatic carbocycles. The Bertz CT molecular complexity index is 1070. The van der Waals surface area contributed by atoms with Crippen LogP contribution < -0.4 is 14.9 Å². The maximum absolute atomic E-state index is 12.3. The van der Waals surface area contributed by atoms with Crippen molar-refractivity contribution in [2.24, 2.45) is 5.10 Å². The third-order valence-corrected chi connectivity index (χ3v) is 4.72. The molecule has 0 saturated heterocycles. The largest absolute Gasteiger partial charge is 0.494 e. The van der Waals surface area contributed by atoms with Gasteiger partial charge in [-0.3, -0.25) is 4.79 Å². The summed E-state index contributed by atoms with van der Waals surface area (Å²) >= 11 is 0. The zero-order chi connectivity index (χ0) is 22.8. The molecule has 0 spiro atoms. The third-order valence-electron chi connectivity index (χ3n) is 4.72. The first-order valence-corrected chi connectivity index (χ1v) is 10.5. The van der Waals surface area contributed by atoms with E-state index in [0.717, 1.165) is 29.7 Å². The fourth-order valence-electron chi connectivity index (χ4n) is 2.86. The number of rotatable bonds is 9. The van der Waals surface area contributed by atoms with Crippen molar-refractivity contribution in [3.05, 3.63) is 95.1 Å². The average Bonchev–Trinajstić information content (AvgIpc) is 2.81. The normalized spacial score (nSPS) is 10.7. The lowest BCUT2D eigenvalue weighted by atomic mass is 10.1. The Morgan fingerprint density at radius 1 is 0.938 bits per heavy atom. The highest BCUT2D eigenvalue weighted by Crippen LogP contribution is 2.17. The van der Waals surface area contributed by atoms with E-state index < -0.39 is 5.97 Å². The zero-order valence-electron chi connectivity index (χ0n) is 18.2. The minimum atomic E-state index is -0.447. The SMILES string of the molecule is CCCCOc1ccc(C(=O)Oc2ccc(/C=N/NC(=O)c3ccccc3C)cc2)cc1. The number of hydrogen-bond donors (Lipinski definition) is 1. The number of carbonyl (C=O) groups excluding carboxylic acids is 2. The van der Waals surface area contributed by atoms with Gasteiger partial charge >= 0.3 is 5.97 Å². The molecule has 0 saturated carbocycles. The molecule has 6 heteroatoms. The number of nitrogens with one attached hydrogen (secondary N) is 1. The second-order valence-electron chi connectivity index (χ2n) is 7.20. The summed E-state index contributed by atoms with van der Waals surface area (Å²) in [5.41, 5.74) is 5.16. The molecule has 0 aliphatic heterocycles. The summed E-state index contributed by atoms with van der Waals surface area (Å²) in [5, 5.41) is 3.99. The van der Waals surface area contributed by atoms with Gasteiger partial charge in [-0.1, -0.05) is 31.5 Å². The van der Waals surface area contributed by atoms with Crippen molar-refractivity contribution in [3.8, 4) is 11.5 Å². The van der Waals surface area contributed by atoms with Gasteiger partial charge in [0.15, 0.2) is 0 Å². The van der Waals surface area contributed by atoms with Crippen molar-refractivity contribution < 1.29 is 19.1 Å². The first kappa shape index (κ1) is 22.7. The standard InChI is InChI=1S/C26H26N2O4/c1-3-4-17-31-22-15-11-21(12-16-22)26(30)32-23-13-9-20(10-14-23)18-27-28-25(29)24-8-6-5-7-19(24)2/h5-16,18H,3-4,17H2,1-2H3,(H,28,29)/b27-18+. The quantitative estimate of drug-likeness (QED) is 0.167. The lowest BCUT2D eigenvalue weighted by Crippen LogP contribution is -2.18. The van der Waals surface area contributed by atoms with Gasteiger partial charge in [-0.25, -0.2) is 10.2 Å². The number of amides is 1. The Labute approximate surface area is 187 Å². The van der Waals surface area contributed by atoms with Gasteiger partial charge in [0.05, 0.1) is 18.4 Å². The van der Waals surface area contributed by atoms with Crippen LogP contribution in [0, 0.1) is 6.92 Å². The van der Waals surface area contributed by atoms with Gasteiger partial charge in [-0.2, -0.15) is 5.10 Å². The second kappa shape index (κ2) is 11.5. The highest BCUT2D eigenvalue weighted by Gasteiger charge is 2.09. The summed E-state index contributed by atoms with van der Waals surface area (Å²) in [5.74, 6) is 0.427. The van der Waals surface area contributed by atoms with E-state index in [-0.39, 0.29) is 5.91 Å². The lowest BCUT2D eigenvalue weighted by molar-refractivity contribution is 0.0734. The first-order valence-electron chi connectivity index (χ1n) is 10.5. The summed E-state index contributed by atoms with van der Waals surface area (Å²) in [6.45, 7) is 4.63. The monoisotopic (exact) mass is 430 g/mol. The molecule has 164 valence electrons. The Morgan fingerprint density at radius 3 is 2.31 bits per heavy atom. The summed E-state index contributed by atoms with van der Waals surface area (Å²) in [4.78, 5) is 24.5. The van der Waals surface area contributed by atoms with Crippen molar-refractivity contribution in [3.63, 3.8) is 0 Å². The maximum atomic E-state index is 12.3. The summed E-state index contributed by atoms with van der Waals surface area (Å²) in [6.07, 6.45) is 3.58. The van der Waals surface area contributed by atoms with Crippen LogP contribution in [-0.2, 0) is 0 Å². The van der Waals surface area contributed by atoms with Crippen LogP contribution in [0.15, 0.2) is 77.9 Å². The molecule has 6 nitrogen and oxygen atoms in total. The molecular formula is C26H26N2O4. The Kier molecular flexibility index (Phi) is 8.15. The Balaban J connectivity index is 1.52. The summed E-state index contributed by atoms with van der Waals surface area (Å²) in [6, 6.07) is 21.0. The minimum absolute atomic E-state index is 0.272. The zero-order valence-corrected chi connectivity index (χ0v) is 18.2. The van der Waals surface area contributed by atoms with Gasteiger partial charge in [0, 0.05) is 5.56 Å². The average molecular weight is 431 g/mol. The number of hydrazone groups is 1. The van der Waals surface area contributed by atoms with Crippen LogP contribution >= 0.6 is 0 Å². The number of unbranched alkanes of at least 4 members (excludes halogenated alkanes) is 1. The lowest BCUT2D eigenvalue weighted by Gasteiger charge is -2.07. The van der Waals surface area contributed by atoms with E-state index >= 15 is 0 Å². The predicted octanol–water partition coefficient (Wildman–Crippen LogP) is 5.16.